The lowest BCUT2D eigenvalue weighted by Gasteiger charge is -2.15. The Balaban J connectivity index is 1.83. The predicted molar refractivity (Wildman–Crippen MR) is 105 cm³/mol. The van der Waals surface area contributed by atoms with Crippen LogP contribution in [0.2, 0.25) is 0 Å². The Kier molecular flexibility index (Phi) is 4.62. The Labute approximate surface area is 159 Å². The van der Waals surface area contributed by atoms with Gasteiger partial charge in [0.2, 0.25) is 0 Å². The number of nitrogens with zero attached hydrogens (tertiary/aromatic N) is 1. The molecule has 144 valence electrons. The van der Waals surface area contributed by atoms with Crippen LogP contribution in [0.4, 0.5) is 0 Å². The van der Waals surface area contributed by atoms with E-state index in [0.717, 1.165) is 24.0 Å². The van der Waals surface area contributed by atoms with Gasteiger partial charge in [0.25, 0.3) is 5.56 Å². The summed E-state index contributed by atoms with van der Waals surface area (Å²) in [6.07, 6.45) is 6.25. The van der Waals surface area contributed by atoms with Crippen LogP contribution in [0.5, 0.6) is 5.75 Å². The van der Waals surface area contributed by atoms with Gasteiger partial charge >= 0.3 is 0 Å². The van der Waals surface area contributed by atoms with Gasteiger partial charge in [0.15, 0.2) is 9.84 Å². The number of pyridine rings is 1. The molecule has 1 aromatic heterocycles. The van der Waals surface area contributed by atoms with Gasteiger partial charge in [-0.25, -0.2) is 8.42 Å². The highest BCUT2D eigenvalue weighted by Gasteiger charge is 2.27. The Bertz CT molecular complexity index is 1030. The van der Waals surface area contributed by atoms with E-state index in [2.05, 4.69) is 0 Å². The van der Waals surface area contributed by atoms with Crippen LogP contribution in [0.3, 0.4) is 0 Å². The molecule has 1 heterocycles. The molecule has 2 fully saturated rings. The average molecular weight is 388 g/mol. The normalized spacial score (nSPS) is 17.1. The fraction of sp³-hybridized carbons (Fsp3) is 0.476. The molecule has 0 aliphatic heterocycles. The summed E-state index contributed by atoms with van der Waals surface area (Å²) in [6.45, 7) is 4.10. The molecule has 0 amide bonds. The second-order valence-corrected chi connectivity index (χ2v) is 9.95. The van der Waals surface area contributed by atoms with Gasteiger partial charge in [-0.2, -0.15) is 0 Å². The molecule has 0 N–H and O–H groups in total. The first kappa shape index (κ1) is 18.3. The molecule has 2 saturated carbocycles. The van der Waals surface area contributed by atoms with E-state index in [1.54, 1.807) is 29.7 Å². The first-order chi connectivity index (χ1) is 12.9. The largest absolute Gasteiger partial charge is 0.493 e. The summed E-state index contributed by atoms with van der Waals surface area (Å²) in [5, 5.41) is 0. The highest BCUT2D eigenvalue weighted by molar-refractivity contribution is 7.91. The maximum atomic E-state index is 12.5. The minimum Gasteiger partial charge on any atom is -0.493 e. The summed E-state index contributed by atoms with van der Waals surface area (Å²) in [5.41, 5.74) is 2.26. The van der Waals surface area contributed by atoms with Gasteiger partial charge in [0, 0.05) is 28.9 Å². The Morgan fingerprint density at radius 3 is 2.52 bits per heavy atom. The summed E-state index contributed by atoms with van der Waals surface area (Å²) in [7, 11) is -3.32. The van der Waals surface area contributed by atoms with E-state index in [9.17, 15) is 13.2 Å². The first-order valence-corrected chi connectivity index (χ1v) is 11.3. The minimum atomic E-state index is -3.32. The number of benzene rings is 1. The molecule has 6 heteroatoms. The number of aryl methyl sites for hydroxylation is 1. The maximum Gasteiger partial charge on any atom is 0.253 e. The van der Waals surface area contributed by atoms with Gasteiger partial charge < -0.3 is 9.30 Å². The molecule has 5 nitrogen and oxygen atoms in total. The van der Waals surface area contributed by atoms with Crippen LogP contribution in [-0.2, 0) is 9.84 Å². The molecular weight excluding hydrogens is 362 g/mol. The summed E-state index contributed by atoms with van der Waals surface area (Å²) in [4.78, 5) is 12.7. The topological polar surface area (TPSA) is 65.4 Å². The van der Waals surface area contributed by atoms with Crippen LogP contribution in [0.25, 0.3) is 11.1 Å². The third kappa shape index (κ3) is 3.81. The van der Waals surface area contributed by atoms with Crippen molar-refractivity contribution < 1.29 is 13.2 Å². The lowest BCUT2D eigenvalue weighted by Crippen LogP contribution is -2.21. The minimum absolute atomic E-state index is 0.0269. The number of sulfone groups is 1. The van der Waals surface area contributed by atoms with Crippen molar-refractivity contribution in [2.75, 3.05) is 12.4 Å². The van der Waals surface area contributed by atoms with E-state index in [4.69, 9.17) is 4.74 Å². The zero-order chi connectivity index (χ0) is 19.2. The van der Waals surface area contributed by atoms with Crippen LogP contribution in [0, 0.1) is 12.8 Å². The first-order valence-electron chi connectivity index (χ1n) is 9.62. The molecule has 2 aliphatic rings. The Morgan fingerprint density at radius 1 is 1.15 bits per heavy atom. The summed E-state index contributed by atoms with van der Waals surface area (Å²) < 4.78 is 32.6. The molecule has 2 aromatic rings. The van der Waals surface area contributed by atoms with Crippen molar-refractivity contribution in [3.05, 3.63) is 46.4 Å². The zero-order valence-corrected chi connectivity index (χ0v) is 16.6. The van der Waals surface area contributed by atoms with Crippen molar-refractivity contribution in [1.82, 2.24) is 4.57 Å². The molecule has 4 rings (SSSR count). The fourth-order valence-corrected chi connectivity index (χ4v) is 4.13. The van der Waals surface area contributed by atoms with Crippen molar-refractivity contribution in [3.63, 3.8) is 0 Å². The van der Waals surface area contributed by atoms with Crippen molar-refractivity contribution in [1.29, 1.82) is 0 Å². The summed E-state index contributed by atoms with van der Waals surface area (Å²) in [6, 6.07) is 7.16. The monoisotopic (exact) mass is 387 g/mol. The van der Waals surface area contributed by atoms with E-state index in [1.807, 2.05) is 19.2 Å². The summed E-state index contributed by atoms with van der Waals surface area (Å²) in [5.74, 6) is 1.33. The molecule has 0 unspecified atom stereocenters. The quantitative estimate of drug-likeness (QED) is 0.726. The van der Waals surface area contributed by atoms with Crippen LogP contribution >= 0.6 is 0 Å². The molecule has 0 bridgehead atoms. The van der Waals surface area contributed by atoms with Crippen molar-refractivity contribution >= 4 is 9.84 Å². The highest BCUT2D eigenvalue weighted by Crippen LogP contribution is 2.38. The maximum absolute atomic E-state index is 12.5. The molecular formula is C21H25NO4S. The number of aromatic nitrogens is 1. The predicted octanol–water partition coefficient (Wildman–Crippen LogP) is 3.74. The zero-order valence-electron chi connectivity index (χ0n) is 15.8. The van der Waals surface area contributed by atoms with Crippen LogP contribution in [0.15, 0.2) is 40.2 Å². The van der Waals surface area contributed by atoms with Gasteiger partial charge in [-0.1, -0.05) is 6.92 Å². The molecule has 0 spiro atoms. The average Bonchev–Trinajstić information content (AvgIpc) is 3.55. The van der Waals surface area contributed by atoms with Gasteiger partial charge in [-0.05, 0) is 62.8 Å². The van der Waals surface area contributed by atoms with E-state index < -0.39 is 9.84 Å². The van der Waals surface area contributed by atoms with Crippen LogP contribution in [-0.4, -0.2) is 25.3 Å². The van der Waals surface area contributed by atoms with Gasteiger partial charge in [-0.15, -0.1) is 0 Å². The van der Waals surface area contributed by atoms with Crippen LogP contribution < -0.4 is 10.3 Å². The Morgan fingerprint density at radius 2 is 1.89 bits per heavy atom. The molecule has 27 heavy (non-hydrogen) atoms. The van der Waals surface area contributed by atoms with Crippen molar-refractivity contribution in [2.24, 2.45) is 5.92 Å². The highest BCUT2D eigenvalue weighted by atomic mass is 32.2. The smallest absolute Gasteiger partial charge is 0.253 e. The number of ether oxygens (including phenoxy) is 1. The molecule has 0 radical (unpaired) electrons. The second kappa shape index (κ2) is 6.82. The van der Waals surface area contributed by atoms with E-state index in [0.29, 0.717) is 28.7 Å². The van der Waals surface area contributed by atoms with E-state index >= 15 is 0 Å². The summed E-state index contributed by atoms with van der Waals surface area (Å²) >= 11 is 0. The number of hydrogen-bond donors (Lipinski definition) is 0. The van der Waals surface area contributed by atoms with Gasteiger partial charge in [0.05, 0.1) is 17.3 Å². The van der Waals surface area contributed by atoms with Crippen molar-refractivity contribution in [3.8, 4) is 16.9 Å². The van der Waals surface area contributed by atoms with Gasteiger partial charge in [-0.3, -0.25) is 4.79 Å². The molecule has 0 atom stereocenters. The standard InChI is InChI=1S/C21H25NO4S/c1-3-27(24,25)18-8-9-20(26-13-15-4-5-15)19(11-18)16-10-14(2)21(23)22(12-16)17-6-7-17/h8-12,15,17H,3-7,13H2,1-2H3. The van der Waals surface area contributed by atoms with E-state index in [-0.39, 0.29) is 17.4 Å². The van der Waals surface area contributed by atoms with Crippen molar-refractivity contribution in [2.45, 2.75) is 50.5 Å². The number of hydrogen-bond acceptors (Lipinski definition) is 4. The van der Waals surface area contributed by atoms with E-state index in [1.165, 1.54) is 12.8 Å². The second-order valence-electron chi connectivity index (χ2n) is 7.67. The Hall–Kier alpha value is -2.08. The molecule has 2 aliphatic carbocycles. The lowest BCUT2D eigenvalue weighted by atomic mass is 10.0. The molecule has 1 aromatic carbocycles. The van der Waals surface area contributed by atoms with Crippen LogP contribution in [0.1, 0.15) is 44.2 Å². The molecule has 0 saturated heterocycles. The SMILES string of the molecule is CCS(=O)(=O)c1ccc(OCC2CC2)c(-c2cc(C)c(=O)n(C3CC3)c2)c1. The van der Waals surface area contributed by atoms with Gasteiger partial charge in [0.1, 0.15) is 5.75 Å². The number of rotatable bonds is 7. The third-order valence-corrected chi connectivity index (χ3v) is 7.07. The fourth-order valence-electron chi connectivity index (χ4n) is 3.23. The lowest BCUT2D eigenvalue weighted by molar-refractivity contribution is 0.301. The third-order valence-electron chi connectivity index (χ3n) is 5.33.